The first-order chi connectivity index (χ1) is 10.8. The summed E-state index contributed by atoms with van der Waals surface area (Å²) in [6.45, 7) is 5.41. The minimum Gasteiger partial charge on any atom is -0.468 e. The average molecular weight is 314 g/mol. The predicted molar refractivity (Wildman–Crippen MR) is 95.2 cm³/mol. The standard InChI is InChI=1S/C19H39NO2/c1-4-6-8-10-11-12-14-16-18(19(21)22-3)20-17-15-13-9-7-5-2/h18,20H,4-17H2,1-3H3. The van der Waals surface area contributed by atoms with Crippen LogP contribution in [0.15, 0.2) is 0 Å². The smallest absolute Gasteiger partial charge is 0.322 e. The first-order valence-corrected chi connectivity index (χ1v) is 9.57. The van der Waals surface area contributed by atoms with Crippen molar-refractivity contribution >= 4 is 5.97 Å². The van der Waals surface area contributed by atoms with Crippen LogP contribution in [0.25, 0.3) is 0 Å². The van der Waals surface area contributed by atoms with Crippen molar-refractivity contribution in [2.24, 2.45) is 0 Å². The average Bonchev–Trinajstić information content (AvgIpc) is 2.54. The van der Waals surface area contributed by atoms with Crippen molar-refractivity contribution in [2.45, 2.75) is 103 Å². The molecular formula is C19H39NO2. The number of rotatable bonds is 16. The molecule has 22 heavy (non-hydrogen) atoms. The van der Waals surface area contributed by atoms with E-state index in [1.54, 1.807) is 0 Å². The van der Waals surface area contributed by atoms with E-state index in [-0.39, 0.29) is 12.0 Å². The maximum atomic E-state index is 11.8. The second-order valence-electron chi connectivity index (χ2n) is 6.35. The predicted octanol–water partition coefficient (Wildman–Crippen LogP) is 5.23. The molecule has 0 rings (SSSR count). The highest BCUT2D eigenvalue weighted by Crippen LogP contribution is 2.10. The molecule has 0 aliphatic carbocycles. The molecule has 1 unspecified atom stereocenters. The van der Waals surface area contributed by atoms with Gasteiger partial charge in [0.2, 0.25) is 0 Å². The van der Waals surface area contributed by atoms with Crippen LogP contribution < -0.4 is 5.32 Å². The van der Waals surface area contributed by atoms with Gasteiger partial charge in [-0.3, -0.25) is 4.79 Å². The van der Waals surface area contributed by atoms with Gasteiger partial charge >= 0.3 is 5.97 Å². The summed E-state index contributed by atoms with van der Waals surface area (Å²) in [4.78, 5) is 11.8. The summed E-state index contributed by atoms with van der Waals surface area (Å²) in [6, 6.07) is -0.105. The zero-order valence-electron chi connectivity index (χ0n) is 15.3. The van der Waals surface area contributed by atoms with Crippen molar-refractivity contribution in [3.8, 4) is 0 Å². The fourth-order valence-corrected chi connectivity index (χ4v) is 2.76. The number of methoxy groups -OCH3 is 1. The second kappa shape index (κ2) is 16.8. The molecule has 0 radical (unpaired) electrons. The van der Waals surface area contributed by atoms with Gasteiger partial charge in [-0.05, 0) is 19.4 Å². The van der Waals surface area contributed by atoms with Gasteiger partial charge in [-0.2, -0.15) is 0 Å². The van der Waals surface area contributed by atoms with Gasteiger partial charge in [0, 0.05) is 0 Å². The Labute approximate surface area is 138 Å². The Morgan fingerprint density at radius 3 is 1.86 bits per heavy atom. The van der Waals surface area contributed by atoms with E-state index in [2.05, 4.69) is 19.2 Å². The normalized spacial score (nSPS) is 12.3. The number of carbonyl (C=O) groups excluding carboxylic acids is 1. The quantitative estimate of drug-likeness (QED) is 0.313. The lowest BCUT2D eigenvalue weighted by Crippen LogP contribution is -2.38. The number of carbonyl (C=O) groups is 1. The molecule has 132 valence electrons. The highest BCUT2D eigenvalue weighted by Gasteiger charge is 2.17. The maximum Gasteiger partial charge on any atom is 0.322 e. The molecule has 0 aromatic heterocycles. The summed E-state index contributed by atoms with van der Waals surface area (Å²) < 4.78 is 4.92. The Hall–Kier alpha value is -0.570. The van der Waals surface area contributed by atoms with Crippen LogP contribution in [0.1, 0.15) is 97.3 Å². The Bertz CT molecular complexity index is 244. The fraction of sp³-hybridized carbons (Fsp3) is 0.947. The number of hydrogen-bond acceptors (Lipinski definition) is 3. The van der Waals surface area contributed by atoms with Crippen molar-refractivity contribution in [1.29, 1.82) is 0 Å². The lowest BCUT2D eigenvalue weighted by Gasteiger charge is -2.16. The SMILES string of the molecule is CCCCCCCCCC(NCCCCCCC)C(=O)OC. The molecule has 3 nitrogen and oxygen atoms in total. The van der Waals surface area contributed by atoms with Crippen molar-refractivity contribution in [3.05, 3.63) is 0 Å². The monoisotopic (exact) mass is 313 g/mol. The molecule has 0 spiro atoms. The number of unbranched alkanes of at least 4 members (excludes halogenated alkanes) is 10. The van der Waals surface area contributed by atoms with Crippen LogP contribution in [0.5, 0.6) is 0 Å². The second-order valence-corrected chi connectivity index (χ2v) is 6.35. The number of nitrogens with one attached hydrogen (secondary N) is 1. The van der Waals surface area contributed by atoms with Gasteiger partial charge in [0.1, 0.15) is 6.04 Å². The van der Waals surface area contributed by atoms with Crippen molar-refractivity contribution < 1.29 is 9.53 Å². The molecule has 0 amide bonds. The molecule has 0 aromatic carbocycles. The molecule has 0 fully saturated rings. The van der Waals surface area contributed by atoms with E-state index in [1.807, 2.05) is 0 Å². The van der Waals surface area contributed by atoms with Crippen molar-refractivity contribution in [2.75, 3.05) is 13.7 Å². The van der Waals surface area contributed by atoms with Crippen LogP contribution in [-0.2, 0) is 9.53 Å². The van der Waals surface area contributed by atoms with Crippen LogP contribution in [0.3, 0.4) is 0 Å². The van der Waals surface area contributed by atoms with Crippen LogP contribution in [0.2, 0.25) is 0 Å². The lowest BCUT2D eigenvalue weighted by molar-refractivity contribution is -0.143. The summed E-state index contributed by atoms with van der Waals surface area (Å²) in [5.41, 5.74) is 0. The number of ether oxygens (including phenoxy) is 1. The molecule has 0 aliphatic heterocycles. The molecule has 0 aromatic rings. The maximum absolute atomic E-state index is 11.8. The van der Waals surface area contributed by atoms with Crippen LogP contribution in [-0.4, -0.2) is 25.7 Å². The van der Waals surface area contributed by atoms with Gasteiger partial charge < -0.3 is 10.1 Å². The summed E-state index contributed by atoms with van der Waals surface area (Å²) in [7, 11) is 1.49. The van der Waals surface area contributed by atoms with Gasteiger partial charge in [-0.1, -0.05) is 84.5 Å². The van der Waals surface area contributed by atoms with Crippen molar-refractivity contribution in [3.63, 3.8) is 0 Å². The lowest BCUT2D eigenvalue weighted by atomic mass is 10.0. The summed E-state index contributed by atoms with van der Waals surface area (Å²) in [5.74, 6) is -0.0976. The van der Waals surface area contributed by atoms with Gasteiger partial charge in [0.05, 0.1) is 7.11 Å². The van der Waals surface area contributed by atoms with E-state index in [0.717, 1.165) is 25.8 Å². The molecule has 0 heterocycles. The third-order valence-electron chi connectivity index (χ3n) is 4.25. The Balaban J connectivity index is 3.68. The summed E-state index contributed by atoms with van der Waals surface area (Å²) in [5, 5.41) is 3.38. The van der Waals surface area contributed by atoms with Gasteiger partial charge in [0.25, 0.3) is 0 Å². The van der Waals surface area contributed by atoms with Crippen molar-refractivity contribution in [1.82, 2.24) is 5.32 Å². The highest BCUT2D eigenvalue weighted by molar-refractivity contribution is 5.75. The third kappa shape index (κ3) is 13.1. The third-order valence-corrected chi connectivity index (χ3v) is 4.25. The Morgan fingerprint density at radius 1 is 0.818 bits per heavy atom. The van der Waals surface area contributed by atoms with E-state index in [0.29, 0.717) is 0 Å². The molecule has 0 saturated heterocycles. The molecule has 1 N–H and O–H groups in total. The minimum atomic E-state index is -0.105. The summed E-state index contributed by atoms with van der Waals surface area (Å²) in [6.07, 6.45) is 16.2. The Morgan fingerprint density at radius 2 is 1.32 bits per heavy atom. The van der Waals surface area contributed by atoms with E-state index in [4.69, 9.17) is 4.74 Å². The number of esters is 1. The van der Waals surface area contributed by atoms with Crippen LogP contribution in [0.4, 0.5) is 0 Å². The van der Waals surface area contributed by atoms with Gasteiger partial charge in [0.15, 0.2) is 0 Å². The largest absolute Gasteiger partial charge is 0.468 e. The molecule has 3 heteroatoms. The zero-order chi connectivity index (χ0) is 16.5. The van der Waals surface area contributed by atoms with Gasteiger partial charge in [-0.15, -0.1) is 0 Å². The molecule has 0 saturated carbocycles. The minimum absolute atomic E-state index is 0.0976. The van der Waals surface area contributed by atoms with E-state index in [9.17, 15) is 4.79 Å². The molecular weight excluding hydrogens is 274 g/mol. The molecule has 1 atom stereocenters. The highest BCUT2D eigenvalue weighted by atomic mass is 16.5. The van der Waals surface area contributed by atoms with Crippen LogP contribution in [0, 0.1) is 0 Å². The topological polar surface area (TPSA) is 38.3 Å². The molecule has 0 bridgehead atoms. The van der Waals surface area contributed by atoms with E-state index in [1.165, 1.54) is 71.3 Å². The van der Waals surface area contributed by atoms with E-state index >= 15 is 0 Å². The Kier molecular flexibility index (Phi) is 16.4. The fourth-order valence-electron chi connectivity index (χ4n) is 2.76. The van der Waals surface area contributed by atoms with E-state index < -0.39 is 0 Å². The number of hydrogen-bond donors (Lipinski definition) is 1. The summed E-state index contributed by atoms with van der Waals surface area (Å²) >= 11 is 0. The van der Waals surface area contributed by atoms with Crippen LogP contribution >= 0.6 is 0 Å². The molecule has 0 aliphatic rings. The first-order valence-electron chi connectivity index (χ1n) is 9.57. The zero-order valence-corrected chi connectivity index (χ0v) is 15.3. The van der Waals surface area contributed by atoms with Gasteiger partial charge in [-0.25, -0.2) is 0 Å². The first kappa shape index (κ1) is 21.4.